The van der Waals surface area contributed by atoms with Gasteiger partial charge in [0.15, 0.2) is 0 Å². The zero-order chi connectivity index (χ0) is 14.8. The lowest BCUT2D eigenvalue weighted by atomic mass is 9.76. The third-order valence-corrected chi connectivity index (χ3v) is 4.13. The zero-order valence-corrected chi connectivity index (χ0v) is 12.5. The summed E-state index contributed by atoms with van der Waals surface area (Å²) in [6, 6.07) is 14.4. The maximum atomic E-state index is 13.8. The third kappa shape index (κ3) is 3.20. The van der Waals surface area contributed by atoms with Gasteiger partial charge in [-0.1, -0.05) is 55.8 Å². The molecule has 0 aliphatic rings. The Morgan fingerprint density at radius 1 is 1.15 bits per heavy atom. The van der Waals surface area contributed by atoms with Gasteiger partial charge >= 0.3 is 0 Å². The van der Waals surface area contributed by atoms with Gasteiger partial charge in [0.25, 0.3) is 0 Å². The molecule has 0 aliphatic carbocycles. The molecule has 1 atom stereocenters. The number of halogens is 2. The van der Waals surface area contributed by atoms with Gasteiger partial charge in [-0.3, -0.25) is 0 Å². The first-order valence-electron chi connectivity index (χ1n) is 6.66. The summed E-state index contributed by atoms with van der Waals surface area (Å²) >= 11 is 5.92. The molecule has 0 bridgehead atoms. The van der Waals surface area contributed by atoms with Crippen molar-refractivity contribution in [1.82, 2.24) is 0 Å². The molecule has 20 heavy (non-hydrogen) atoms. The summed E-state index contributed by atoms with van der Waals surface area (Å²) in [5.41, 5.74) is 7.80. The quantitative estimate of drug-likeness (QED) is 0.891. The first-order valence-corrected chi connectivity index (χ1v) is 7.04. The molecule has 2 rings (SSSR count). The van der Waals surface area contributed by atoms with Gasteiger partial charge in [-0.25, -0.2) is 4.39 Å². The minimum atomic E-state index is -0.256. The highest BCUT2D eigenvalue weighted by Gasteiger charge is 2.29. The van der Waals surface area contributed by atoms with Crippen LogP contribution >= 0.6 is 11.6 Å². The van der Waals surface area contributed by atoms with Crippen molar-refractivity contribution in [3.63, 3.8) is 0 Å². The minimum Gasteiger partial charge on any atom is -0.327 e. The number of benzene rings is 2. The van der Waals surface area contributed by atoms with E-state index in [9.17, 15) is 4.39 Å². The van der Waals surface area contributed by atoms with E-state index in [0.717, 1.165) is 5.56 Å². The van der Waals surface area contributed by atoms with E-state index < -0.39 is 0 Å². The Morgan fingerprint density at radius 3 is 2.45 bits per heavy atom. The normalized spacial score (nSPS) is 13.2. The number of hydrogen-bond acceptors (Lipinski definition) is 1. The largest absolute Gasteiger partial charge is 0.327 e. The van der Waals surface area contributed by atoms with Crippen LogP contribution in [0.25, 0.3) is 0 Å². The topological polar surface area (TPSA) is 26.0 Å². The molecule has 2 aromatic carbocycles. The van der Waals surface area contributed by atoms with Gasteiger partial charge in [0.1, 0.15) is 5.82 Å². The lowest BCUT2D eigenvalue weighted by Crippen LogP contribution is -2.42. The summed E-state index contributed by atoms with van der Waals surface area (Å²) in [4.78, 5) is 0. The predicted molar refractivity (Wildman–Crippen MR) is 82.6 cm³/mol. The lowest BCUT2D eigenvalue weighted by Gasteiger charge is -2.32. The van der Waals surface area contributed by atoms with Gasteiger partial charge in [-0.05, 0) is 35.7 Å². The van der Waals surface area contributed by atoms with Crippen molar-refractivity contribution in [2.75, 3.05) is 0 Å². The third-order valence-electron chi connectivity index (χ3n) is 3.89. The molecule has 1 nitrogen and oxygen atoms in total. The fourth-order valence-corrected chi connectivity index (χ4v) is 2.47. The van der Waals surface area contributed by atoms with Crippen LogP contribution in [0, 0.1) is 5.82 Å². The van der Waals surface area contributed by atoms with Crippen molar-refractivity contribution in [2.24, 2.45) is 5.73 Å². The molecular formula is C17H19ClFN. The number of nitrogens with two attached hydrogens (primary N) is 1. The summed E-state index contributed by atoms with van der Waals surface area (Å²) in [7, 11) is 0. The molecule has 2 aromatic rings. The van der Waals surface area contributed by atoms with Crippen LogP contribution in [-0.2, 0) is 11.8 Å². The van der Waals surface area contributed by atoms with Crippen LogP contribution in [0.3, 0.4) is 0 Å². The smallest absolute Gasteiger partial charge is 0.126 e. The number of hydrogen-bond donors (Lipinski definition) is 1. The fraction of sp³-hybridized carbons (Fsp3) is 0.294. The summed E-state index contributed by atoms with van der Waals surface area (Å²) in [6.45, 7) is 4.16. The zero-order valence-electron chi connectivity index (χ0n) is 11.7. The first-order chi connectivity index (χ1) is 9.41. The van der Waals surface area contributed by atoms with Crippen molar-refractivity contribution >= 4 is 11.6 Å². The van der Waals surface area contributed by atoms with Crippen LogP contribution in [0.2, 0.25) is 5.02 Å². The molecule has 0 radical (unpaired) electrons. The van der Waals surface area contributed by atoms with Crippen LogP contribution in [-0.4, -0.2) is 6.04 Å². The van der Waals surface area contributed by atoms with Crippen molar-refractivity contribution in [2.45, 2.75) is 31.7 Å². The molecule has 1 unspecified atom stereocenters. The molecule has 0 spiro atoms. The molecule has 106 valence electrons. The van der Waals surface area contributed by atoms with E-state index >= 15 is 0 Å². The van der Waals surface area contributed by atoms with Gasteiger partial charge in [-0.2, -0.15) is 0 Å². The predicted octanol–water partition coefficient (Wildman–Crippen LogP) is 4.33. The van der Waals surface area contributed by atoms with E-state index in [-0.39, 0.29) is 17.3 Å². The summed E-state index contributed by atoms with van der Waals surface area (Å²) in [6.07, 6.45) is 0.453. The minimum absolute atomic E-state index is 0.196. The molecular weight excluding hydrogens is 273 g/mol. The second-order valence-electron chi connectivity index (χ2n) is 5.63. The van der Waals surface area contributed by atoms with E-state index in [1.165, 1.54) is 6.07 Å². The first kappa shape index (κ1) is 15.0. The second kappa shape index (κ2) is 5.94. The van der Waals surface area contributed by atoms with Crippen LogP contribution < -0.4 is 5.73 Å². The van der Waals surface area contributed by atoms with E-state index in [4.69, 9.17) is 17.3 Å². The van der Waals surface area contributed by atoms with E-state index in [0.29, 0.717) is 17.0 Å². The van der Waals surface area contributed by atoms with E-state index in [1.807, 2.05) is 30.3 Å². The highest BCUT2D eigenvalue weighted by Crippen LogP contribution is 2.28. The molecule has 0 heterocycles. The Hall–Kier alpha value is -1.38. The average Bonchev–Trinajstić information content (AvgIpc) is 2.43. The molecule has 2 N–H and O–H groups in total. The molecule has 0 fully saturated rings. The Balaban J connectivity index is 2.23. The number of rotatable bonds is 4. The lowest BCUT2D eigenvalue weighted by molar-refractivity contribution is 0.402. The summed E-state index contributed by atoms with van der Waals surface area (Å²) in [5.74, 6) is -0.256. The molecule has 0 saturated heterocycles. The molecule has 0 aliphatic heterocycles. The summed E-state index contributed by atoms with van der Waals surface area (Å²) in [5, 5.41) is 0.533. The van der Waals surface area contributed by atoms with Crippen LogP contribution in [0.4, 0.5) is 4.39 Å². The monoisotopic (exact) mass is 291 g/mol. The Labute approximate surface area is 124 Å². The molecule has 0 amide bonds. The van der Waals surface area contributed by atoms with Crippen molar-refractivity contribution in [3.05, 3.63) is 70.5 Å². The van der Waals surface area contributed by atoms with Crippen molar-refractivity contribution < 1.29 is 4.39 Å². The SMILES string of the molecule is CC(C)(c1ccccc1)C(N)Cc1cc(Cl)ccc1F. The van der Waals surface area contributed by atoms with Crippen LogP contribution in [0.15, 0.2) is 48.5 Å². The maximum Gasteiger partial charge on any atom is 0.126 e. The van der Waals surface area contributed by atoms with Gasteiger partial charge in [0.2, 0.25) is 0 Å². The highest BCUT2D eigenvalue weighted by molar-refractivity contribution is 6.30. The van der Waals surface area contributed by atoms with Crippen LogP contribution in [0.1, 0.15) is 25.0 Å². The van der Waals surface area contributed by atoms with Gasteiger partial charge < -0.3 is 5.73 Å². The van der Waals surface area contributed by atoms with Gasteiger partial charge in [-0.15, -0.1) is 0 Å². The standard InChI is InChI=1S/C17H19ClFN/c1-17(2,13-6-4-3-5-7-13)16(20)11-12-10-14(18)8-9-15(12)19/h3-10,16H,11,20H2,1-2H3. The summed E-state index contributed by atoms with van der Waals surface area (Å²) < 4.78 is 13.8. The average molecular weight is 292 g/mol. The second-order valence-corrected chi connectivity index (χ2v) is 6.07. The Morgan fingerprint density at radius 2 is 1.80 bits per heavy atom. The maximum absolute atomic E-state index is 13.8. The van der Waals surface area contributed by atoms with Crippen molar-refractivity contribution in [3.8, 4) is 0 Å². The molecule has 0 saturated carbocycles. The van der Waals surface area contributed by atoms with Crippen molar-refractivity contribution in [1.29, 1.82) is 0 Å². The van der Waals surface area contributed by atoms with Gasteiger partial charge in [0.05, 0.1) is 0 Å². The highest BCUT2D eigenvalue weighted by atomic mass is 35.5. The Bertz CT molecular complexity index is 581. The van der Waals surface area contributed by atoms with Gasteiger partial charge in [0, 0.05) is 16.5 Å². The molecule has 3 heteroatoms. The fourth-order valence-electron chi connectivity index (χ4n) is 2.27. The molecule has 0 aromatic heterocycles. The van der Waals surface area contributed by atoms with E-state index in [2.05, 4.69) is 13.8 Å². The Kier molecular flexibility index (Phi) is 4.46. The van der Waals surface area contributed by atoms with E-state index in [1.54, 1.807) is 12.1 Å². The van der Waals surface area contributed by atoms with Crippen LogP contribution in [0.5, 0.6) is 0 Å².